The fraction of sp³-hybridized carbons (Fsp3) is 0.727. The van der Waals surface area contributed by atoms with Crippen molar-refractivity contribution in [3.63, 3.8) is 0 Å². The largest absolute Gasteiger partial charge is 0.399 e. The van der Waals surface area contributed by atoms with Crippen LogP contribution in [0, 0.1) is 5.92 Å². The van der Waals surface area contributed by atoms with Gasteiger partial charge < -0.3 is 11.1 Å². The highest BCUT2D eigenvalue weighted by Crippen LogP contribution is 2.22. The van der Waals surface area contributed by atoms with Crippen molar-refractivity contribution >= 4 is 17.3 Å². The smallest absolute Gasteiger partial charge is 0.227 e. The third kappa shape index (κ3) is 18.5. The van der Waals surface area contributed by atoms with Gasteiger partial charge in [-0.25, -0.2) is 0 Å². The quantitative estimate of drug-likeness (QED) is 0.0845. The third-order valence-corrected chi connectivity index (χ3v) is 7.25. The second-order valence-corrected chi connectivity index (χ2v) is 10.7. The Morgan fingerprint density at radius 2 is 1.19 bits per heavy atom. The van der Waals surface area contributed by atoms with Gasteiger partial charge in [0.2, 0.25) is 5.91 Å². The van der Waals surface area contributed by atoms with E-state index in [0.29, 0.717) is 5.69 Å². The van der Waals surface area contributed by atoms with Gasteiger partial charge in [-0.1, -0.05) is 128 Å². The van der Waals surface area contributed by atoms with Gasteiger partial charge in [0, 0.05) is 17.3 Å². The lowest BCUT2D eigenvalue weighted by molar-refractivity contribution is -0.120. The summed E-state index contributed by atoms with van der Waals surface area (Å²) in [4.78, 5) is 13.1. The monoisotopic (exact) mass is 498 g/mol. The van der Waals surface area contributed by atoms with Gasteiger partial charge in [-0.3, -0.25) is 4.79 Å². The fourth-order valence-corrected chi connectivity index (χ4v) is 4.90. The van der Waals surface area contributed by atoms with Crippen molar-refractivity contribution in [1.29, 1.82) is 0 Å². The summed E-state index contributed by atoms with van der Waals surface area (Å²) < 4.78 is 0. The number of rotatable bonds is 24. The minimum Gasteiger partial charge on any atom is -0.399 e. The van der Waals surface area contributed by atoms with E-state index in [1.807, 2.05) is 24.3 Å². The van der Waals surface area contributed by atoms with E-state index in [4.69, 9.17) is 5.73 Å². The number of anilines is 2. The Kier molecular flexibility index (Phi) is 21.2. The van der Waals surface area contributed by atoms with E-state index in [1.165, 1.54) is 103 Å². The molecule has 1 aromatic carbocycles. The number of amides is 1. The highest BCUT2D eigenvalue weighted by atomic mass is 16.1. The molecule has 0 fully saturated rings. The van der Waals surface area contributed by atoms with Crippen molar-refractivity contribution in [3.8, 4) is 0 Å². The SMILES string of the molecule is CCCCCCCC=CCCCCC(CCCCCCCCCCCC)C(=O)Nc1cccc(N)c1. The first-order valence-electron chi connectivity index (χ1n) is 15.5. The first kappa shape index (κ1) is 32.3. The van der Waals surface area contributed by atoms with E-state index in [0.717, 1.165) is 37.8 Å². The maximum absolute atomic E-state index is 13.1. The molecule has 3 N–H and O–H groups in total. The van der Waals surface area contributed by atoms with Crippen LogP contribution in [0.5, 0.6) is 0 Å². The number of hydrogen-bond donors (Lipinski definition) is 2. The number of nitrogens with one attached hydrogen (secondary N) is 1. The van der Waals surface area contributed by atoms with Crippen molar-refractivity contribution in [3.05, 3.63) is 36.4 Å². The Hall–Kier alpha value is -1.77. The highest BCUT2D eigenvalue weighted by Gasteiger charge is 2.18. The molecule has 1 unspecified atom stereocenters. The molecule has 1 rings (SSSR count). The molecule has 1 aromatic rings. The number of unbranched alkanes of at least 4 members (excludes halogenated alkanes) is 16. The van der Waals surface area contributed by atoms with E-state index in [1.54, 1.807) is 0 Å². The summed E-state index contributed by atoms with van der Waals surface area (Å²) in [5.74, 6) is 0.266. The van der Waals surface area contributed by atoms with Crippen LogP contribution >= 0.6 is 0 Å². The van der Waals surface area contributed by atoms with E-state index in [9.17, 15) is 4.79 Å². The van der Waals surface area contributed by atoms with Gasteiger partial charge >= 0.3 is 0 Å². The molecule has 0 aliphatic rings. The van der Waals surface area contributed by atoms with Crippen LogP contribution in [0.15, 0.2) is 36.4 Å². The number of allylic oxidation sites excluding steroid dienone is 2. The lowest BCUT2D eigenvalue weighted by atomic mass is 9.93. The number of carbonyl (C=O) groups is 1. The van der Waals surface area contributed by atoms with Crippen LogP contribution < -0.4 is 11.1 Å². The summed E-state index contributed by atoms with van der Waals surface area (Å²) in [6.45, 7) is 4.54. The summed E-state index contributed by atoms with van der Waals surface area (Å²) in [6.07, 6.45) is 31.4. The first-order chi connectivity index (χ1) is 17.7. The predicted octanol–water partition coefficient (Wildman–Crippen LogP) is 10.6. The molecule has 0 aromatic heterocycles. The average Bonchev–Trinajstić information content (AvgIpc) is 2.87. The van der Waals surface area contributed by atoms with E-state index >= 15 is 0 Å². The normalized spacial score (nSPS) is 12.3. The maximum atomic E-state index is 13.1. The molecule has 36 heavy (non-hydrogen) atoms. The second kappa shape index (κ2) is 23.6. The lowest BCUT2D eigenvalue weighted by Crippen LogP contribution is -2.23. The van der Waals surface area contributed by atoms with E-state index < -0.39 is 0 Å². The maximum Gasteiger partial charge on any atom is 0.227 e. The van der Waals surface area contributed by atoms with E-state index in [2.05, 4.69) is 31.3 Å². The molecule has 3 nitrogen and oxygen atoms in total. The third-order valence-electron chi connectivity index (χ3n) is 7.25. The van der Waals surface area contributed by atoms with Crippen molar-refractivity contribution in [2.75, 3.05) is 11.1 Å². The molecule has 206 valence electrons. The molecule has 1 atom stereocenters. The number of carbonyl (C=O) groups excluding carboxylic acids is 1. The molecule has 0 heterocycles. The Labute approximate surface area is 224 Å². The van der Waals surface area contributed by atoms with Crippen LogP contribution in [0.3, 0.4) is 0 Å². The zero-order chi connectivity index (χ0) is 26.1. The number of benzene rings is 1. The molecule has 0 bridgehead atoms. The Balaban J connectivity index is 2.31. The van der Waals surface area contributed by atoms with Crippen molar-refractivity contribution in [1.82, 2.24) is 0 Å². The molecule has 3 heteroatoms. The Morgan fingerprint density at radius 1 is 0.722 bits per heavy atom. The summed E-state index contributed by atoms with van der Waals surface area (Å²) in [7, 11) is 0. The summed E-state index contributed by atoms with van der Waals surface area (Å²) in [6, 6.07) is 7.54. The van der Waals surface area contributed by atoms with Gasteiger partial charge in [0.05, 0.1) is 0 Å². The lowest BCUT2D eigenvalue weighted by Gasteiger charge is -2.17. The molecular formula is C33H58N2O. The van der Waals surface area contributed by atoms with Crippen LogP contribution in [0.25, 0.3) is 0 Å². The van der Waals surface area contributed by atoms with Gasteiger partial charge in [0.15, 0.2) is 0 Å². The summed E-state index contributed by atoms with van der Waals surface area (Å²) in [5.41, 5.74) is 7.41. The first-order valence-corrected chi connectivity index (χ1v) is 15.5. The van der Waals surface area contributed by atoms with Gasteiger partial charge in [-0.2, -0.15) is 0 Å². The van der Waals surface area contributed by atoms with Crippen molar-refractivity contribution < 1.29 is 4.79 Å². The molecule has 0 saturated carbocycles. The second-order valence-electron chi connectivity index (χ2n) is 10.7. The van der Waals surface area contributed by atoms with Gasteiger partial charge in [0.1, 0.15) is 0 Å². The van der Waals surface area contributed by atoms with Crippen molar-refractivity contribution in [2.24, 2.45) is 5.92 Å². The van der Waals surface area contributed by atoms with Crippen LogP contribution in [-0.4, -0.2) is 5.91 Å². The topological polar surface area (TPSA) is 55.1 Å². The van der Waals surface area contributed by atoms with Gasteiger partial charge in [-0.15, -0.1) is 0 Å². The summed E-state index contributed by atoms with van der Waals surface area (Å²) in [5, 5.41) is 3.13. The molecule has 0 spiro atoms. The minimum atomic E-state index is 0.100. The molecule has 0 saturated heterocycles. The minimum absolute atomic E-state index is 0.100. The molecule has 1 amide bonds. The highest BCUT2D eigenvalue weighted by molar-refractivity contribution is 5.92. The van der Waals surface area contributed by atoms with Crippen LogP contribution in [0.2, 0.25) is 0 Å². The number of nitrogen functional groups attached to an aromatic ring is 1. The van der Waals surface area contributed by atoms with Gasteiger partial charge in [-0.05, 0) is 56.7 Å². The van der Waals surface area contributed by atoms with Crippen LogP contribution in [-0.2, 0) is 4.79 Å². The Bertz CT molecular complexity index is 669. The average molecular weight is 499 g/mol. The van der Waals surface area contributed by atoms with Gasteiger partial charge in [0.25, 0.3) is 0 Å². The molecule has 0 aliphatic carbocycles. The molecular weight excluding hydrogens is 440 g/mol. The number of nitrogens with two attached hydrogens (primary N) is 1. The zero-order valence-electron chi connectivity index (χ0n) is 23.9. The van der Waals surface area contributed by atoms with Crippen molar-refractivity contribution in [2.45, 2.75) is 149 Å². The zero-order valence-corrected chi connectivity index (χ0v) is 23.9. The molecule has 0 radical (unpaired) electrons. The van der Waals surface area contributed by atoms with E-state index in [-0.39, 0.29) is 11.8 Å². The standard InChI is InChI=1S/C33H58N2O/c1-3-5-7-9-11-13-15-17-19-21-23-26-30(33(36)35-32-28-24-27-31(34)29-32)25-22-20-18-16-14-12-10-8-6-4-2/h15,17,24,27-30H,3-14,16,18-23,25-26,34H2,1-2H3,(H,35,36). The number of hydrogen-bond acceptors (Lipinski definition) is 2. The predicted molar refractivity (Wildman–Crippen MR) is 160 cm³/mol. The Morgan fingerprint density at radius 3 is 1.75 bits per heavy atom. The van der Waals surface area contributed by atoms with Crippen LogP contribution in [0.1, 0.15) is 149 Å². The molecule has 0 aliphatic heterocycles. The fourth-order valence-electron chi connectivity index (χ4n) is 4.90. The summed E-state index contributed by atoms with van der Waals surface area (Å²) >= 11 is 0. The van der Waals surface area contributed by atoms with Crippen LogP contribution in [0.4, 0.5) is 11.4 Å².